The molecule has 2 fully saturated rings. The van der Waals surface area contributed by atoms with Crippen molar-refractivity contribution in [3.05, 3.63) is 41.9 Å². The predicted octanol–water partition coefficient (Wildman–Crippen LogP) is 1.37. The van der Waals surface area contributed by atoms with Gasteiger partial charge in [0.15, 0.2) is 5.82 Å². The lowest BCUT2D eigenvalue weighted by molar-refractivity contribution is 0.175. The number of aryl methyl sites for hydroxylation is 1. The van der Waals surface area contributed by atoms with Crippen LogP contribution in [-0.4, -0.2) is 69.0 Å². The Kier molecular flexibility index (Phi) is 4.56. The zero-order chi connectivity index (χ0) is 20.0. The van der Waals surface area contributed by atoms with Crippen molar-refractivity contribution < 1.29 is 8.42 Å². The van der Waals surface area contributed by atoms with Crippen molar-refractivity contribution in [1.29, 1.82) is 0 Å². The van der Waals surface area contributed by atoms with Crippen LogP contribution >= 0.6 is 0 Å². The summed E-state index contributed by atoms with van der Waals surface area (Å²) in [6.07, 6.45) is 3.97. The van der Waals surface area contributed by atoms with Gasteiger partial charge in [0, 0.05) is 37.8 Å². The summed E-state index contributed by atoms with van der Waals surface area (Å²) in [4.78, 5) is 6.89. The number of piperazine rings is 1. The monoisotopic (exact) mass is 413 g/mol. The molecule has 0 unspecified atom stereocenters. The number of fused-ring (bicyclic) bond motifs is 1. The Balaban J connectivity index is 1.32. The standard InChI is InChI=1S/C19H23N7O2S/c1-14-11-15-3-2-4-17(19(15)20-12-14)29(27,28)25-9-7-24(8-10-25)13-18-21-22-23-26(18)16-5-6-16/h2-4,11-12,16H,5-10,13H2,1H3. The summed E-state index contributed by atoms with van der Waals surface area (Å²) in [5.41, 5.74) is 1.54. The van der Waals surface area contributed by atoms with Gasteiger partial charge in [-0.1, -0.05) is 12.1 Å². The van der Waals surface area contributed by atoms with E-state index >= 15 is 0 Å². The Morgan fingerprint density at radius 2 is 1.93 bits per heavy atom. The fourth-order valence-corrected chi connectivity index (χ4v) is 5.42. The van der Waals surface area contributed by atoms with Crippen molar-refractivity contribution in [1.82, 2.24) is 34.4 Å². The van der Waals surface area contributed by atoms with Crippen molar-refractivity contribution in [2.24, 2.45) is 0 Å². The smallest absolute Gasteiger partial charge is 0.245 e. The fourth-order valence-electron chi connectivity index (χ4n) is 3.84. The van der Waals surface area contributed by atoms with E-state index in [2.05, 4.69) is 25.4 Å². The Morgan fingerprint density at radius 1 is 1.14 bits per heavy atom. The van der Waals surface area contributed by atoms with Gasteiger partial charge in [0.1, 0.15) is 4.90 Å². The minimum absolute atomic E-state index is 0.279. The Hall–Kier alpha value is -2.43. The molecule has 1 saturated carbocycles. The van der Waals surface area contributed by atoms with Crippen LogP contribution in [0, 0.1) is 6.92 Å². The van der Waals surface area contributed by atoms with Crippen LogP contribution in [0.5, 0.6) is 0 Å². The minimum Gasteiger partial charge on any atom is -0.293 e. The van der Waals surface area contributed by atoms with E-state index in [1.165, 1.54) is 0 Å². The largest absolute Gasteiger partial charge is 0.293 e. The second-order valence-electron chi connectivity index (χ2n) is 7.79. The number of benzene rings is 1. The molecule has 3 aromatic rings. The average Bonchev–Trinajstić information content (AvgIpc) is 3.46. The van der Waals surface area contributed by atoms with E-state index in [1.54, 1.807) is 22.6 Å². The van der Waals surface area contributed by atoms with Gasteiger partial charge in [-0.25, -0.2) is 13.1 Å². The van der Waals surface area contributed by atoms with E-state index in [-0.39, 0.29) is 4.90 Å². The Morgan fingerprint density at radius 3 is 2.69 bits per heavy atom. The molecule has 0 amide bonds. The van der Waals surface area contributed by atoms with Crippen molar-refractivity contribution in [3.8, 4) is 0 Å². The van der Waals surface area contributed by atoms with E-state index < -0.39 is 10.0 Å². The van der Waals surface area contributed by atoms with Crippen LogP contribution in [0.2, 0.25) is 0 Å². The number of nitrogens with zero attached hydrogens (tertiary/aromatic N) is 7. The number of hydrogen-bond donors (Lipinski definition) is 0. The number of sulfonamides is 1. The van der Waals surface area contributed by atoms with Crippen LogP contribution < -0.4 is 0 Å². The summed E-state index contributed by atoms with van der Waals surface area (Å²) >= 11 is 0. The molecule has 1 aliphatic carbocycles. The third-order valence-corrected chi connectivity index (χ3v) is 7.51. The van der Waals surface area contributed by atoms with Crippen LogP contribution in [0.4, 0.5) is 0 Å². The average molecular weight is 414 g/mol. The van der Waals surface area contributed by atoms with Crippen molar-refractivity contribution in [2.45, 2.75) is 37.2 Å². The summed E-state index contributed by atoms with van der Waals surface area (Å²) in [6, 6.07) is 7.73. The highest BCUT2D eigenvalue weighted by Crippen LogP contribution is 2.34. The molecule has 0 N–H and O–H groups in total. The summed E-state index contributed by atoms with van der Waals surface area (Å²) in [7, 11) is -3.60. The lowest BCUT2D eigenvalue weighted by Gasteiger charge is -2.33. The molecule has 2 aliphatic rings. The number of para-hydroxylation sites is 1. The molecular formula is C19H23N7O2S. The summed E-state index contributed by atoms with van der Waals surface area (Å²) in [5.74, 6) is 0.859. The van der Waals surface area contributed by atoms with Gasteiger partial charge >= 0.3 is 0 Å². The molecule has 9 nitrogen and oxygen atoms in total. The second kappa shape index (κ2) is 7.12. The van der Waals surface area contributed by atoms with Gasteiger partial charge in [-0.3, -0.25) is 9.88 Å². The first kappa shape index (κ1) is 18.6. The number of hydrogen-bond acceptors (Lipinski definition) is 7. The van der Waals surface area contributed by atoms with Gasteiger partial charge in [-0.2, -0.15) is 4.31 Å². The van der Waals surface area contributed by atoms with Crippen LogP contribution in [0.15, 0.2) is 35.4 Å². The van der Waals surface area contributed by atoms with Gasteiger partial charge in [0.25, 0.3) is 0 Å². The van der Waals surface area contributed by atoms with Crippen LogP contribution in [-0.2, 0) is 16.6 Å². The van der Waals surface area contributed by atoms with Gasteiger partial charge in [0.2, 0.25) is 10.0 Å². The molecule has 152 valence electrons. The van der Waals surface area contributed by atoms with E-state index in [0.29, 0.717) is 44.3 Å². The third kappa shape index (κ3) is 3.52. The number of pyridine rings is 1. The topological polar surface area (TPSA) is 97.1 Å². The highest BCUT2D eigenvalue weighted by atomic mass is 32.2. The first-order valence-corrected chi connectivity index (χ1v) is 11.3. The van der Waals surface area contributed by atoms with Gasteiger partial charge in [-0.15, -0.1) is 5.10 Å². The first-order chi connectivity index (χ1) is 14.0. The molecule has 1 saturated heterocycles. The lowest BCUT2D eigenvalue weighted by Crippen LogP contribution is -2.48. The molecule has 0 atom stereocenters. The lowest BCUT2D eigenvalue weighted by atomic mass is 10.2. The third-order valence-electron chi connectivity index (χ3n) is 5.58. The zero-order valence-electron chi connectivity index (χ0n) is 16.3. The van der Waals surface area contributed by atoms with E-state index in [9.17, 15) is 8.42 Å². The van der Waals surface area contributed by atoms with E-state index in [0.717, 1.165) is 29.6 Å². The predicted molar refractivity (Wildman–Crippen MR) is 107 cm³/mol. The van der Waals surface area contributed by atoms with Crippen LogP contribution in [0.3, 0.4) is 0 Å². The molecule has 1 aromatic carbocycles. The molecule has 1 aliphatic heterocycles. The maximum Gasteiger partial charge on any atom is 0.245 e. The molecular weight excluding hydrogens is 390 g/mol. The van der Waals surface area contributed by atoms with E-state index in [1.807, 2.05) is 23.7 Å². The van der Waals surface area contributed by atoms with Crippen LogP contribution in [0.25, 0.3) is 10.9 Å². The van der Waals surface area contributed by atoms with E-state index in [4.69, 9.17) is 0 Å². The quantitative estimate of drug-likeness (QED) is 0.623. The first-order valence-electron chi connectivity index (χ1n) is 9.87. The van der Waals surface area contributed by atoms with Crippen molar-refractivity contribution >= 4 is 20.9 Å². The molecule has 2 aromatic heterocycles. The molecule has 5 rings (SSSR count). The van der Waals surface area contributed by atoms with Crippen LogP contribution in [0.1, 0.15) is 30.3 Å². The van der Waals surface area contributed by atoms with Gasteiger partial charge in [0.05, 0.1) is 18.1 Å². The Bertz CT molecular complexity index is 1150. The number of rotatable bonds is 5. The SMILES string of the molecule is Cc1cnc2c(S(=O)(=O)N3CCN(Cc4nnnn4C4CC4)CC3)cccc2c1. The molecule has 10 heteroatoms. The summed E-state index contributed by atoms with van der Waals surface area (Å²) in [6.45, 7) is 4.77. The zero-order valence-corrected chi connectivity index (χ0v) is 17.1. The second-order valence-corrected chi connectivity index (χ2v) is 9.70. The number of aromatic nitrogens is 5. The maximum atomic E-state index is 13.3. The summed E-state index contributed by atoms with van der Waals surface area (Å²) in [5, 5.41) is 12.9. The van der Waals surface area contributed by atoms with Gasteiger partial charge < -0.3 is 0 Å². The minimum atomic E-state index is -3.60. The highest BCUT2D eigenvalue weighted by molar-refractivity contribution is 7.89. The molecule has 0 radical (unpaired) electrons. The van der Waals surface area contributed by atoms with Crippen molar-refractivity contribution in [2.75, 3.05) is 26.2 Å². The normalized spacial score (nSPS) is 19.1. The number of tetrazole rings is 1. The maximum absolute atomic E-state index is 13.3. The van der Waals surface area contributed by atoms with Crippen molar-refractivity contribution in [3.63, 3.8) is 0 Å². The fraction of sp³-hybridized carbons (Fsp3) is 0.474. The highest BCUT2D eigenvalue weighted by Gasteiger charge is 2.32. The molecule has 0 bridgehead atoms. The van der Waals surface area contributed by atoms with Gasteiger partial charge in [-0.05, 0) is 47.9 Å². The Labute approximate surface area is 169 Å². The molecule has 29 heavy (non-hydrogen) atoms. The summed E-state index contributed by atoms with van der Waals surface area (Å²) < 4.78 is 30.1. The molecule has 3 heterocycles. The molecule has 0 spiro atoms.